The van der Waals surface area contributed by atoms with E-state index in [9.17, 15) is 8.42 Å². The van der Waals surface area contributed by atoms with E-state index in [0.717, 1.165) is 12.0 Å². The van der Waals surface area contributed by atoms with Crippen LogP contribution in [0.4, 0.5) is 0 Å². The molecule has 6 heteroatoms. The van der Waals surface area contributed by atoms with E-state index in [2.05, 4.69) is 0 Å². The third kappa shape index (κ3) is 4.64. The van der Waals surface area contributed by atoms with Gasteiger partial charge in [0.05, 0.1) is 11.5 Å². The summed E-state index contributed by atoms with van der Waals surface area (Å²) < 4.78 is 33.1. The van der Waals surface area contributed by atoms with Crippen LogP contribution in [0.1, 0.15) is 18.9 Å². The average molecular weight is 273 g/mol. The highest BCUT2D eigenvalue weighted by molar-refractivity contribution is 7.89. The first-order valence-electron chi connectivity index (χ1n) is 5.79. The van der Waals surface area contributed by atoms with E-state index in [1.54, 1.807) is 13.0 Å². The highest BCUT2D eigenvalue weighted by atomic mass is 32.2. The molecule has 2 N–H and O–H groups in total. The predicted octanol–water partition coefficient (Wildman–Crippen LogP) is 1.45. The van der Waals surface area contributed by atoms with Crippen molar-refractivity contribution in [1.82, 2.24) is 0 Å². The molecule has 1 rings (SSSR count). The van der Waals surface area contributed by atoms with Crippen molar-refractivity contribution in [3.63, 3.8) is 0 Å². The highest BCUT2D eigenvalue weighted by Gasteiger charge is 2.09. The Morgan fingerprint density at radius 2 is 1.94 bits per heavy atom. The molecular weight excluding hydrogens is 254 g/mol. The van der Waals surface area contributed by atoms with Crippen molar-refractivity contribution < 1.29 is 17.9 Å². The van der Waals surface area contributed by atoms with Crippen molar-refractivity contribution in [2.75, 3.05) is 19.8 Å². The lowest BCUT2D eigenvalue weighted by molar-refractivity contribution is 0.100. The second-order valence-corrected chi connectivity index (χ2v) is 5.49. The molecule has 0 saturated carbocycles. The number of aryl methyl sites for hydroxylation is 1. The van der Waals surface area contributed by atoms with Gasteiger partial charge in [-0.05, 0) is 37.1 Å². The maximum absolute atomic E-state index is 11.1. The lowest BCUT2D eigenvalue weighted by Gasteiger charge is -2.10. The number of primary sulfonamides is 1. The van der Waals surface area contributed by atoms with Gasteiger partial charge >= 0.3 is 0 Å². The molecule has 1 aromatic rings. The minimum absolute atomic E-state index is 0.0922. The summed E-state index contributed by atoms with van der Waals surface area (Å²) in [6, 6.07) is 4.54. The molecule has 0 fully saturated rings. The fourth-order valence-electron chi connectivity index (χ4n) is 1.42. The molecule has 0 unspecified atom stereocenters. The first-order valence-corrected chi connectivity index (χ1v) is 7.33. The van der Waals surface area contributed by atoms with Crippen molar-refractivity contribution in [2.45, 2.75) is 25.2 Å². The van der Waals surface area contributed by atoms with Crippen LogP contribution in [0, 0.1) is 6.92 Å². The molecule has 0 bridgehead atoms. The van der Waals surface area contributed by atoms with Gasteiger partial charge in [0.2, 0.25) is 10.0 Å². The summed E-state index contributed by atoms with van der Waals surface area (Å²) in [4.78, 5) is 0.0922. The van der Waals surface area contributed by atoms with Crippen LogP contribution in [0.2, 0.25) is 0 Å². The molecule has 18 heavy (non-hydrogen) atoms. The third-order valence-corrected chi connectivity index (χ3v) is 3.22. The van der Waals surface area contributed by atoms with E-state index in [1.807, 2.05) is 6.92 Å². The van der Waals surface area contributed by atoms with Crippen molar-refractivity contribution in [1.29, 1.82) is 0 Å². The molecule has 0 amide bonds. The Morgan fingerprint density at radius 3 is 2.50 bits per heavy atom. The van der Waals surface area contributed by atoms with Gasteiger partial charge in [-0.3, -0.25) is 0 Å². The zero-order valence-electron chi connectivity index (χ0n) is 10.7. The normalized spacial score (nSPS) is 11.5. The molecule has 0 spiro atoms. The summed E-state index contributed by atoms with van der Waals surface area (Å²) >= 11 is 0. The topological polar surface area (TPSA) is 78.6 Å². The van der Waals surface area contributed by atoms with Crippen LogP contribution < -0.4 is 9.88 Å². The first kappa shape index (κ1) is 14.9. The van der Waals surface area contributed by atoms with E-state index in [0.29, 0.717) is 25.6 Å². The SMILES string of the molecule is CCCOCCOc1ccc(S(N)(=O)=O)cc1C. The van der Waals surface area contributed by atoms with Crippen LogP contribution in [-0.4, -0.2) is 28.2 Å². The van der Waals surface area contributed by atoms with Gasteiger partial charge in [0.1, 0.15) is 12.4 Å². The summed E-state index contributed by atoms with van der Waals surface area (Å²) in [5.41, 5.74) is 0.733. The van der Waals surface area contributed by atoms with Crippen LogP contribution >= 0.6 is 0 Å². The number of rotatable bonds is 7. The van der Waals surface area contributed by atoms with E-state index in [1.165, 1.54) is 12.1 Å². The maximum Gasteiger partial charge on any atom is 0.238 e. The van der Waals surface area contributed by atoms with Crippen LogP contribution in [0.25, 0.3) is 0 Å². The molecular formula is C12H19NO4S. The number of benzene rings is 1. The predicted molar refractivity (Wildman–Crippen MR) is 69.2 cm³/mol. The molecule has 0 saturated heterocycles. The van der Waals surface area contributed by atoms with Gasteiger partial charge in [-0.1, -0.05) is 6.92 Å². The lowest BCUT2D eigenvalue weighted by atomic mass is 10.2. The average Bonchev–Trinajstić information content (AvgIpc) is 2.29. The van der Waals surface area contributed by atoms with E-state index in [-0.39, 0.29) is 4.90 Å². The minimum Gasteiger partial charge on any atom is -0.491 e. The standard InChI is InChI=1S/C12H19NO4S/c1-3-6-16-7-8-17-12-5-4-11(9-10(12)2)18(13,14)15/h4-5,9H,3,6-8H2,1-2H3,(H2,13,14,15). The molecule has 0 radical (unpaired) electrons. The van der Waals surface area contributed by atoms with Crippen molar-refractivity contribution in [2.24, 2.45) is 5.14 Å². The van der Waals surface area contributed by atoms with Gasteiger partial charge in [-0.25, -0.2) is 13.6 Å². The van der Waals surface area contributed by atoms with Crippen molar-refractivity contribution in [3.8, 4) is 5.75 Å². The van der Waals surface area contributed by atoms with E-state index >= 15 is 0 Å². The smallest absolute Gasteiger partial charge is 0.238 e. The Bertz CT molecular complexity index is 485. The largest absolute Gasteiger partial charge is 0.491 e. The molecule has 0 atom stereocenters. The molecule has 0 aliphatic rings. The van der Waals surface area contributed by atoms with Crippen LogP contribution in [-0.2, 0) is 14.8 Å². The summed E-state index contributed by atoms with van der Waals surface area (Å²) in [6.45, 7) is 5.49. The number of hydrogen-bond acceptors (Lipinski definition) is 4. The van der Waals surface area contributed by atoms with Crippen LogP contribution in [0.5, 0.6) is 5.75 Å². The van der Waals surface area contributed by atoms with Gasteiger partial charge in [0.15, 0.2) is 0 Å². The summed E-state index contributed by atoms with van der Waals surface area (Å²) in [5.74, 6) is 0.641. The Morgan fingerprint density at radius 1 is 1.22 bits per heavy atom. The van der Waals surface area contributed by atoms with Gasteiger partial charge in [0, 0.05) is 6.61 Å². The quantitative estimate of drug-likeness (QED) is 0.763. The zero-order valence-corrected chi connectivity index (χ0v) is 11.5. The number of sulfonamides is 1. The highest BCUT2D eigenvalue weighted by Crippen LogP contribution is 2.20. The fourth-order valence-corrected chi connectivity index (χ4v) is 2.02. The number of hydrogen-bond donors (Lipinski definition) is 1. The fraction of sp³-hybridized carbons (Fsp3) is 0.500. The summed E-state index contributed by atoms with van der Waals surface area (Å²) in [6.07, 6.45) is 0.974. The van der Waals surface area contributed by atoms with Crippen LogP contribution in [0.3, 0.4) is 0 Å². The van der Waals surface area contributed by atoms with Gasteiger partial charge in [-0.15, -0.1) is 0 Å². The molecule has 0 aromatic heterocycles. The minimum atomic E-state index is -3.65. The van der Waals surface area contributed by atoms with Crippen molar-refractivity contribution >= 4 is 10.0 Å². The Hall–Kier alpha value is -1.11. The summed E-state index contributed by atoms with van der Waals surface area (Å²) in [5, 5.41) is 5.04. The Balaban J connectivity index is 2.58. The van der Waals surface area contributed by atoms with Gasteiger partial charge < -0.3 is 9.47 Å². The van der Waals surface area contributed by atoms with Crippen molar-refractivity contribution in [3.05, 3.63) is 23.8 Å². The summed E-state index contributed by atoms with van der Waals surface area (Å²) in [7, 11) is -3.65. The van der Waals surface area contributed by atoms with Crippen LogP contribution in [0.15, 0.2) is 23.1 Å². The van der Waals surface area contributed by atoms with Gasteiger partial charge in [0.25, 0.3) is 0 Å². The second kappa shape index (κ2) is 6.72. The Labute approximate surface area is 108 Å². The number of ether oxygens (including phenoxy) is 2. The number of nitrogens with two attached hydrogens (primary N) is 1. The maximum atomic E-state index is 11.1. The molecule has 0 aliphatic heterocycles. The molecule has 102 valence electrons. The lowest BCUT2D eigenvalue weighted by Crippen LogP contribution is -2.13. The van der Waals surface area contributed by atoms with E-state index in [4.69, 9.17) is 14.6 Å². The molecule has 1 aromatic carbocycles. The second-order valence-electron chi connectivity index (χ2n) is 3.93. The molecule has 5 nitrogen and oxygen atoms in total. The van der Waals surface area contributed by atoms with E-state index < -0.39 is 10.0 Å². The zero-order chi connectivity index (χ0) is 13.6. The monoisotopic (exact) mass is 273 g/mol. The third-order valence-electron chi connectivity index (χ3n) is 2.31. The first-order chi connectivity index (χ1) is 8.45. The van der Waals surface area contributed by atoms with Gasteiger partial charge in [-0.2, -0.15) is 0 Å². The molecule has 0 heterocycles. The Kier molecular flexibility index (Phi) is 5.58. The molecule has 0 aliphatic carbocycles.